The Kier molecular flexibility index (Phi) is 4.97. The van der Waals surface area contributed by atoms with Crippen LogP contribution in [0.4, 0.5) is 23.1 Å². The second-order valence-electron chi connectivity index (χ2n) is 7.39. The number of nitrogens with zero attached hydrogens (tertiary/aromatic N) is 7. The highest BCUT2D eigenvalue weighted by atomic mass is 35.5. The maximum atomic E-state index is 6.05. The number of hydrogen-bond donors (Lipinski definition) is 2. The van der Waals surface area contributed by atoms with Crippen LogP contribution >= 0.6 is 11.6 Å². The molecule has 5 rings (SSSR count). The summed E-state index contributed by atoms with van der Waals surface area (Å²) in [6.45, 7) is 4.16. The Balaban J connectivity index is 1.49. The molecule has 4 heterocycles. The minimum Gasteiger partial charge on any atom is -0.382 e. The molecule has 1 fully saturated rings. The van der Waals surface area contributed by atoms with Gasteiger partial charge in [0, 0.05) is 18.1 Å². The van der Waals surface area contributed by atoms with E-state index in [0.717, 1.165) is 35.4 Å². The molecule has 0 bridgehead atoms. The van der Waals surface area contributed by atoms with Gasteiger partial charge in [-0.2, -0.15) is 15.2 Å². The molecule has 4 aromatic rings. The summed E-state index contributed by atoms with van der Waals surface area (Å²) >= 11 is 6.05. The van der Waals surface area contributed by atoms with Crippen LogP contribution in [0.1, 0.15) is 12.8 Å². The van der Waals surface area contributed by atoms with Crippen LogP contribution in [0, 0.1) is 0 Å². The predicted octanol–water partition coefficient (Wildman–Crippen LogP) is 3.35. The molecular formula is C20H22ClN9. The third-order valence-electron chi connectivity index (χ3n) is 5.36. The summed E-state index contributed by atoms with van der Waals surface area (Å²) in [5, 5.41) is 12.9. The number of nitrogens with one attached hydrogen (secondary N) is 1. The number of hydrogen-bond acceptors (Lipinski definition) is 7. The van der Waals surface area contributed by atoms with Crippen molar-refractivity contribution in [3.8, 4) is 0 Å². The van der Waals surface area contributed by atoms with E-state index in [1.165, 1.54) is 32.1 Å². The first kappa shape index (κ1) is 18.8. The molecule has 30 heavy (non-hydrogen) atoms. The largest absolute Gasteiger partial charge is 0.382 e. The van der Waals surface area contributed by atoms with E-state index < -0.39 is 0 Å². The Labute approximate surface area is 178 Å². The fourth-order valence-corrected chi connectivity index (χ4v) is 3.86. The Bertz CT molecular complexity index is 1160. The molecule has 1 saturated heterocycles. The highest BCUT2D eigenvalue weighted by Crippen LogP contribution is 2.34. The van der Waals surface area contributed by atoms with Gasteiger partial charge in [0.05, 0.1) is 42.0 Å². The van der Waals surface area contributed by atoms with E-state index >= 15 is 0 Å². The van der Waals surface area contributed by atoms with Crippen molar-refractivity contribution in [1.82, 2.24) is 34.8 Å². The summed E-state index contributed by atoms with van der Waals surface area (Å²) in [6, 6.07) is 5.98. The maximum absolute atomic E-state index is 6.05. The zero-order chi connectivity index (χ0) is 20.5. The van der Waals surface area contributed by atoms with Crippen LogP contribution in [0.3, 0.4) is 0 Å². The van der Waals surface area contributed by atoms with Gasteiger partial charge in [0.1, 0.15) is 10.8 Å². The second-order valence-corrected chi connectivity index (χ2v) is 7.80. The lowest BCUT2D eigenvalue weighted by Gasteiger charge is -2.21. The number of rotatable bonds is 6. The number of anilines is 4. The molecule has 10 heteroatoms. The smallest absolute Gasteiger partial charge is 0.236 e. The summed E-state index contributed by atoms with van der Waals surface area (Å²) < 4.78 is 1.95. The Morgan fingerprint density at radius 2 is 1.97 bits per heavy atom. The van der Waals surface area contributed by atoms with E-state index in [1.807, 2.05) is 40.2 Å². The van der Waals surface area contributed by atoms with Gasteiger partial charge in [-0.1, -0.05) is 11.6 Å². The van der Waals surface area contributed by atoms with Crippen molar-refractivity contribution < 1.29 is 0 Å². The first-order chi connectivity index (χ1) is 14.7. The average Bonchev–Trinajstić information content (AvgIpc) is 3.51. The van der Waals surface area contributed by atoms with Crippen molar-refractivity contribution in [3.05, 3.63) is 48.0 Å². The van der Waals surface area contributed by atoms with E-state index in [9.17, 15) is 0 Å². The van der Waals surface area contributed by atoms with Gasteiger partial charge in [0.2, 0.25) is 5.95 Å². The monoisotopic (exact) mass is 423 g/mol. The number of nitrogen functional groups attached to an aromatic ring is 1. The summed E-state index contributed by atoms with van der Waals surface area (Å²) in [5.41, 5.74) is 8.64. The molecule has 3 aromatic heterocycles. The average molecular weight is 424 g/mol. The molecule has 0 spiro atoms. The molecule has 0 amide bonds. The van der Waals surface area contributed by atoms with Crippen LogP contribution < -0.4 is 10.6 Å². The molecule has 0 aliphatic carbocycles. The van der Waals surface area contributed by atoms with Crippen LogP contribution in [-0.4, -0.2) is 54.5 Å². The number of likely N-dealkylation sites (tertiary alicyclic amines) is 1. The van der Waals surface area contributed by atoms with E-state index in [2.05, 4.69) is 30.2 Å². The van der Waals surface area contributed by atoms with Crippen LogP contribution in [0.25, 0.3) is 10.9 Å². The van der Waals surface area contributed by atoms with Crippen molar-refractivity contribution >= 4 is 45.6 Å². The molecule has 0 radical (unpaired) electrons. The zero-order valence-corrected chi connectivity index (χ0v) is 17.1. The lowest BCUT2D eigenvalue weighted by atomic mass is 10.2. The summed E-state index contributed by atoms with van der Waals surface area (Å²) in [7, 11) is 0. The first-order valence-corrected chi connectivity index (χ1v) is 10.3. The van der Waals surface area contributed by atoms with Gasteiger partial charge in [-0.15, -0.1) is 0 Å². The molecule has 0 saturated carbocycles. The predicted molar refractivity (Wildman–Crippen MR) is 117 cm³/mol. The summed E-state index contributed by atoms with van der Waals surface area (Å²) in [4.78, 5) is 13.2. The molecule has 1 aromatic carbocycles. The van der Waals surface area contributed by atoms with Crippen molar-refractivity contribution in [1.29, 1.82) is 0 Å². The van der Waals surface area contributed by atoms with Crippen LogP contribution in [0.2, 0.25) is 5.02 Å². The van der Waals surface area contributed by atoms with E-state index in [-0.39, 0.29) is 5.82 Å². The number of H-pyrrole nitrogens is 1. The quantitative estimate of drug-likeness (QED) is 0.490. The number of fused-ring (bicyclic) bond motifs is 1. The van der Waals surface area contributed by atoms with Gasteiger partial charge in [-0.05, 0) is 44.1 Å². The fraction of sp³-hybridized carbons (Fsp3) is 0.300. The molecule has 154 valence electrons. The SMILES string of the molecule is Nc1nc(N(c2ccc3[nH]ncc3c2)c2cnn(CCN3CCCC3)c2)ncc1Cl. The molecular weight excluding hydrogens is 402 g/mol. The number of aromatic amines is 1. The molecule has 9 nitrogen and oxygen atoms in total. The van der Waals surface area contributed by atoms with Gasteiger partial charge in [0.25, 0.3) is 0 Å². The zero-order valence-electron chi connectivity index (χ0n) is 16.4. The number of aromatic nitrogens is 6. The van der Waals surface area contributed by atoms with Gasteiger partial charge in [0.15, 0.2) is 0 Å². The Morgan fingerprint density at radius 3 is 2.80 bits per heavy atom. The van der Waals surface area contributed by atoms with Crippen molar-refractivity contribution in [2.45, 2.75) is 19.4 Å². The normalized spacial score (nSPS) is 14.6. The fourth-order valence-electron chi connectivity index (χ4n) is 3.77. The van der Waals surface area contributed by atoms with E-state index in [0.29, 0.717) is 11.0 Å². The maximum Gasteiger partial charge on any atom is 0.236 e. The summed E-state index contributed by atoms with van der Waals surface area (Å²) in [5.74, 6) is 0.663. The highest BCUT2D eigenvalue weighted by molar-refractivity contribution is 6.32. The van der Waals surface area contributed by atoms with Gasteiger partial charge in [-0.25, -0.2) is 4.98 Å². The van der Waals surface area contributed by atoms with Gasteiger partial charge < -0.3 is 10.6 Å². The first-order valence-electron chi connectivity index (χ1n) is 9.93. The Hall–Kier alpha value is -3.17. The van der Waals surface area contributed by atoms with Crippen LogP contribution in [-0.2, 0) is 6.54 Å². The standard InChI is InChI=1S/C20H22ClN9/c21-17-12-23-20(26-19(17)22)30(15-3-4-18-14(9-15)10-24-27-18)16-11-25-29(13-16)8-7-28-5-1-2-6-28/h3-4,9-13H,1-2,5-8H2,(H,24,27)(H2,22,23,26). The van der Waals surface area contributed by atoms with Crippen LogP contribution in [0.15, 0.2) is 43.0 Å². The Morgan fingerprint density at radius 1 is 1.10 bits per heavy atom. The van der Waals surface area contributed by atoms with E-state index in [1.54, 1.807) is 6.20 Å². The third kappa shape index (κ3) is 3.69. The van der Waals surface area contributed by atoms with Crippen molar-refractivity contribution in [3.63, 3.8) is 0 Å². The molecule has 0 atom stereocenters. The number of nitrogens with two attached hydrogens (primary N) is 1. The summed E-state index contributed by atoms with van der Waals surface area (Å²) in [6.07, 6.45) is 9.68. The minimum atomic E-state index is 0.234. The molecule has 3 N–H and O–H groups in total. The van der Waals surface area contributed by atoms with Crippen LogP contribution in [0.5, 0.6) is 0 Å². The topological polar surface area (TPSA) is 105 Å². The number of halogens is 1. The molecule has 1 aliphatic rings. The lowest BCUT2D eigenvalue weighted by Crippen LogP contribution is -2.24. The van der Waals surface area contributed by atoms with E-state index in [4.69, 9.17) is 17.3 Å². The lowest BCUT2D eigenvalue weighted by molar-refractivity contribution is 0.316. The molecule has 0 unspecified atom stereocenters. The molecule has 1 aliphatic heterocycles. The third-order valence-corrected chi connectivity index (χ3v) is 5.65. The van der Waals surface area contributed by atoms with Gasteiger partial charge in [-0.3, -0.25) is 14.7 Å². The number of benzene rings is 1. The van der Waals surface area contributed by atoms with Gasteiger partial charge >= 0.3 is 0 Å². The minimum absolute atomic E-state index is 0.234. The van der Waals surface area contributed by atoms with Crippen molar-refractivity contribution in [2.75, 3.05) is 30.3 Å². The highest BCUT2D eigenvalue weighted by Gasteiger charge is 2.19. The second kappa shape index (κ2) is 7.92. The van der Waals surface area contributed by atoms with Crippen molar-refractivity contribution in [2.24, 2.45) is 0 Å².